The second-order valence-corrected chi connectivity index (χ2v) is 3.80. The van der Waals surface area contributed by atoms with Crippen LogP contribution in [-0.4, -0.2) is 36.6 Å². The molecule has 0 radical (unpaired) electrons. The summed E-state index contributed by atoms with van der Waals surface area (Å²) >= 11 is 0. The van der Waals surface area contributed by atoms with Gasteiger partial charge < -0.3 is 16.4 Å². The SMILES string of the molecule is CN(C)CC(N)Cc1cnccc1N. The normalized spacial score (nSPS) is 13.1. The van der Waals surface area contributed by atoms with Crippen molar-refractivity contribution >= 4 is 5.69 Å². The van der Waals surface area contributed by atoms with E-state index in [1.165, 1.54) is 0 Å². The summed E-state index contributed by atoms with van der Waals surface area (Å²) in [6.45, 7) is 0.855. The Bertz CT molecular complexity index is 285. The van der Waals surface area contributed by atoms with Gasteiger partial charge >= 0.3 is 0 Å². The molecule has 0 fully saturated rings. The van der Waals surface area contributed by atoms with Crippen LogP contribution >= 0.6 is 0 Å². The summed E-state index contributed by atoms with van der Waals surface area (Å²) in [7, 11) is 4.01. The average molecular weight is 194 g/mol. The van der Waals surface area contributed by atoms with Gasteiger partial charge in [0.15, 0.2) is 0 Å². The number of hydrogen-bond acceptors (Lipinski definition) is 4. The van der Waals surface area contributed by atoms with E-state index in [0.717, 1.165) is 24.2 Å². The monoisotopic (exact) mass is 194 g/mol. The molecule has 0 aliphatic carbocycles. The van der Waals surface area contributed by atoms with Crippen molar-refractivity contribution in [2.45, 2.75) is 12.5 Å². The van der Waals surface area contributed by atoms with Crippen LogP contribution in [0.1, 0.15) is 5.56 Å². The quantitative estimate of drug-likeness (QED) is 0.713. The molecule has 0 amide bonds. The molecule has 1 unspecified atom stereocenters. The Labute approximate surface area is 84.9 Å². The minimum absolute atomic E-state index is 0.108. The number of nitrogen functional groups attached to an aromatic ring is 1. The Morgan fingerprint density at radius 1 is 1.50 bits per heavy atom. The maximum atomic E-state index is 5.95. The van der Waals surface area contributed by atoms with Gasteiger partial charge in [-0.1, -0.05) is 0 Å². The van der Waals surface area contributed by atoms with Crippen molar-refractivity contribution in [1.82, 2.24) is 9.88 Å². The predicted octanol–water partition coefficient (Wildman–Crippen LogP) is 0.0952. The van der Waals surface area contributed by atoms with Crippen LogP contribution in [0.15, 0.2) is 18.5 Å². The number of nitrogens with zero attached hydrogens (tertiary/aromatic N) is 2. The number of aromatic nitrogens is 1. The highest BCUT2D eigenvalue weighted by Gasteiger charge is 2.07. The van der Waals surface area contributed by atoms with Crippen LogP contribution in [0.3, 0.4) is 0 Å². The van der Waals surface area contributed by atoms with Crippen molar-refractivity contribution in [3.05, 3.63) is 24.0 Å². The highest BCUT2D eigenvalue weighted by atomic mass is 15.1. The lowest BCUT2D eigenvalue weighted by Gasteiger charge is -2.17. The molecule has 0 bridgehead atoms. The van der Waals surface area contributed by atoms with Crippen molar-refractivity contribution < 1.29 is 0 Å². The van der Waals surface area contributed by atoms with Gasteiger partial charge in [0.25, 0.3) is 0 Å². The van der Waals surface area contributed by atoms with E-state index in [1.54, 1.807) is 18.5 Å². The predicted molar refractivity (Wildman–Crippen MR) is 58.9 cm³/mol. The zero-order valence-corrected chi connectivity index (χ0v) is 8.77. The first-order valence-electron chi connectivity index (χ1n) is 4.68. The average Bonchev–Trinajstić information content (AvgIpc) is 2.07. The van der Waals surface area contributed by atoms with E-state index < -0.39 is 0 Å². The molecule has 4 N–H and O–H groups in total. The van der Waals surface area contributed by atoms with Crippen LogP contribution in [0.25, 0.3) is 0 Å². The van der Waals surface area contributed by atoms with Gasteiger partial charge in [0, 0.05) is 30.7 Å². The van der Waals surface area contributed by atoms with E-state index in [2.05, 4.69) is 9.88 Å². The van der Waals surface area contributed by atoms with Crippen LogP contribution in [-0.2, 0) is 6.42 Å². The maximum absolute atomic E-state index is 5.95. The summed E-state index contributed by atoms with van der Waals surface area (Å²) in [6.07, 6.45) is 4.25. The third kappa shape index (κ3) is 3.32. The molecular formula is C10H18N4. The van der Waals surface area contributed by atoms with Crippen molar-refractivity contribution in [1.29, 1.82) is 0 Å². The van der Waals surface area contributed by atoms with Crippen LogP contribution < -0.4 is 11.5 Å². The number of pyridine rings is 1. The third-order valence-electron chi connectivity index (χ3n) is 2.02. The lowest BCUT2D eigenvalue weighted by Crippen LogP contribution is -2.35. The Kier molecular flexibility index (Phi) is 3.85. The van der Waals surface area contributed by atoms with E-state index in [9.17, 15) is 0 Å². The second-order valence-electron chi connectivity index (χ2n) is 3.80. The van der Waals surface area contributed by atoms with Crippen molar-refractivity contribution in [2.75, 3.05) is 26.4 Å². The van der Waals surface area contributed by atoms with Crippen molar-refractivity contribution in [2.24, 2.45) is 5.73 Å². The Hall–Kier alpha value is -1.13. The smallest absolute Gasteiger partial charge is 0.0378 e. The molecule has 78 valence electrons. The van der Waals surface area contributed by atoms with Crippen molar-refractivity contribution in [3.8, 4) is 0 Å². The molecule has 0 saturated heterocycles. The molecule has 0 spiro atoms. The summed E-state index contributed by atoms with van der Waals surface area (Å²) in [5, 5.41) is 0. The summed E-state index contributed by atoms with van der Waals surface area (Å²) in [6, 6.07) is 1.91. The lowest BCUT2D eigenvalue weighted by molar-refractivity contribution is 0.371. The van der Waals surface area contributed by atoms with Gasteiger partial charge in [-0.3, -0.25) is 4.98 Å². The fourth-order valence-electron chi connectivity index (χ4n) is 1.42. The molecule has 0 aromatic carbocycles. The minimum Gasteiger partial charge on any atom is -0.398 e. The molecule has 1 aromatic heterocycles. The van der Waals surface area contributed by atoms with Gasteiger partial charge in [-0.05, 0) is 32.1 Å². The van der Waals surface area contributed by atoms with Crippen LogP contribution in [0.4, 0.5) is 5.69 Å². The van der Waals surface area contributed by atoms with E-state index in [-0.39, 0.29) is 6.04 Å². The lowest BCUT2D eigenvalue weighted by atomic mass is 10.1. The Morgan fingerprint density at radius 2 is 2.21 bits per heavy atom. The van der Waals surface area contributed by atoms with Crippen LogP contribution in [0, 0.1) is 0 Å². The van der Waals surface area contributed by atoms with Gasteiger partial charge in [-0.25, -0.2) is 0 Å². The first-order chi connectivity index (χ1) is 6.59. The molecule has 4 nitrogen and oxygen atoms in total. The van der Waals surface area contributed by atoms with E-state index in [1.807, 2.05) is 14.1 Å². The van der Waals surface area contributed by atoms with Gasteiger partial charge in [-0.15, -0.1) is 0 Å². The maximum Gasteiger partial charge on any atom is 0.0378 e. The van der Waals surface area contributed by atoms with E-state index in [4.69, 9.17) is 11.5 Å². The van der Waals surface area contributed by atoms with Crippen LogP contribution in [0.2, 0.25) is 0 Å². The number of rotatable bonds is 4. The molecule has 0 saturated carbocycles. The summed E-state index contributed by atoms with van der Waals surface area (Å²) < 4.78 is 0. The molecule has 0 aliphatic rings. The minimum atomic E-state index is 0.108. The number of anilines is 1. The number of likely N-dealkylation sites (N-methyl/N-ethyl adjacent to an activating group) is 1. The van der Waals surface area contributed by atoms with E-state index in [0.29, 0.717) is 0 Å². The third-order valence-corrected chi connectivity index (χ3v) is 2.02. The molecule has 1 aromatic rings. The molecule has 1 rings (SSSR count). The molecule has 1 atom stereocenters. The highest BCUT2D eigenvalue weighted by molar-refractivity contribution is 5.44. The largest absolute Gasteiger partial charge is 0.398 e. The van der Waals surface area contributed by atoms with Gasteiger partial charge in [-0.2, -0.15) is 0 Å². The van der Waals surface area contributed by atoms with Gasteiger partial charge in [0.05, 0.1) is 0 Å². The Balaban J connectivity index is 2.56. The molecule has 14 heavy (non-hydrogen) atoms. The Morgan fingerprint density at radius 3 is 2.79 bits per heavy atom. The second kappa shape index (κ2) is 4.93. The standard InChI is InChI=1S/C10H18N4/c1-14(2)7-9(11)5-8-6-13-4-3-10(8)12/h3-4,6,9H,5,7,11H2,1-2H3,(H2,12,13). The van der Waals surface area contributed by atoms with Crippen LogP contribution in [0.5, 0.6) is 0 Å². The fourth-order valence-corrected chi connectivity index (χ4v) is 1.42. The summed E-state index contributed by atoms with van der Waals surface area (Å²) in [4.78, 5) is 6.10. The molecular weight excluding hydrogens is 176 g/mol. The van der Waals surface area contributed by atoms with E-state index >= 15 is 0 Å². The number of nitrogens with two attached hydrogens (primary N) is 2. The van der Waals surface area contributed by atoms with Gasteiger partial charge in [0.1, 0.15) is 0 Å². The van der Waals surface area contributed by atoms with Crippen molar-refractivity contribution in [3.63, 3.8) is 0 Å². The molecule has 0 aliphatic heterocycles. The number of hydrogen-bond donors (Lipinski definition) is 2. The summed E-state index contributed by atoms with van der Waals surface area (Å²) in [5.41, 5.74) is 13.5. The first-order valence-corrected chi connectivity index (χ1v) is 4.68. The molecule has 4 heteroatoms. The topological polar surface area (TPSA) is 68.2 Å². The zero-order chi connectivity index (χ0) is 10.6. The molecule has 1 heterocycles. The first kappa shape index (κ1) is 10.9. The summed E-state index contributed by atoms with van der Waals surface area (Å²) in [5.74, 6) is 0. The highest BCUT2D eigenvalue weighted by Crippen LogP contribution is 2.10. The van der Waals surface area contributed by atoms with Gasteiger partial charge in [0.2, 0.25) is 0 Å². The fraction of sp³-hybridized carbons (Fsp3) is 0.500. The zero-order valence-electron chi connectivity index (χ0n) is 8.77.